The molecule has 2 N–H and O–H groups in total. The van der Waals surface area contributed by atoms with E-state index in [2.05, 4.69) is 16.7 Å². The molecule has 2 aliphatic rings. The number of piperazine rings is 1. The Bertz CT molecular complexity index is 1010. The maximum Gasteiger partial charge on any atom is 0.404 e. The number of carbonyl (C=O) groups excluding carboxylic acids is 3. The Kier molecular flexibility index (Phi) is 6.60. The van der Waals surface area contributed by atoms with Gasteiger partial charge in [-0.15, -0.1) is 0 Å². The first-order valence-corrected chi connectivity index (χ1v) is 11.3. The number of primary amides is 1. The third kappa shape index (κ3) is 4.27. The predicted octanol–water partition coefficient (Wildman–Crippen LogP) is 2.84. The van der Waals surface area contributed by atoms with Crippen LogP contribution in [-0.2, 0) is 4.74 Å². The van der Waals surface area contributed by atoms with Gasteiger partial charge in [0, 0.05) is 66.9 Å². The molecule has 0 saturated carbocycles. The van der Waals surface area contributed by atoms with E-state index in [9.17, 15) is 14.4 Å². The molecule has 0 bridgehead atoms. The number of benzene rings is 2. The highest BCUT2D eigenvalue weighted by atomic mass is 16.5. The summed E-state index contributed by atoms with van der Waals surface area (Å²) >= 11 is 0. The van der Waals surface area contributed by atoms with Crippen LogP contribution in [0.3, 0.4) is 0 Å². The van der Waals surface area contributed by atoms with Crippen molar-refractivity contribution in [1.29, 1.82) is 0 Å². The summed E-state index contributed by atoms with van der Waals surface area (Å²) in [7, 11) is 0. The molecule has 0 aromatic heterocycles. The van der Waals surface area contributed by atoms with Crippen molar-refractivity contribution in [2.45, 2.75) is 26.2 Å². The Morgan fingerprint density at radius 1 is 0.969 bits per heavy atom. The number of anilines is 1. The summed E-state index contributed by atoms with van der Waals surface area (Å²) in [5.74, 6) is -0.388. The van der Waals surface area contributed by atoms with E-state index in [-0.39, 0.29) is 18.4 Å². The molecule has 2 aliphatic heterocycles. The molecular weight excluding hydrogens is 408 g/mol. The predicted molar refractivity (Wildman–Crippen MR) is 123 cm³/mol. The molecule has 2 heterocycles. The topological polar surface area (TPSA) is 96.2 Å². The van der Waals surface area contributed by atoms with Gasteiger partial charge < -0.3 is 15.4 Å². The van der Waals surface area contributed by atoms with E-state index in [1.54, 1.807) is 0 Å². The average Bonchev–Trinajstić information content (AvgIpc) is 2.79. The van der Waals surface area contributed by atoms with Crippen molar-refractivity contribution in [3.05, 3.63) is 41.5 Å². The third-order valence-electron chi connectivity index (χ3n) is 6.32. The smallest absolute Gasteiger partial charge is 0.404 e. The molecule has 0 spiro atoms. The first-order chi connectivity index (χ1) is 15.5. The Balaban J connectivity index is 1.55. The number of nitrogens with two attached hydrogens (primary N) is 1. The van der Waals surface area contributed by atoms with E-state index in [1.165, 1.54) is 4.90 Å². The second-order valence-electron chi connectivity index (χ2n) is 8.33. The molecule has 1 saturated heterocycles. The van der Waals surface area contributed by atoms with Crippen molar-refractivity contribution in [2.75, 3.05) is 50.8 Å². The minimum Gasteiger partial charge on any atom is -0.448 e. The number of amides is 3. The van der Waals surface area contributed by atoms with Crippen LogP contribution in [0.5, 0.6) is 0 Å². The molecule has 32 heavy (non-hydrogen) atoms. The Morgan fingerprint density at radius 2 is 1.69 bits per heavy atom. The second kappa shape index (κ2) is 9.56. The summed E-state index contributed by atoms with van der Waals surface area (Å²) in [5.41, 5.74) is 7.28. The van der Waals surface area contributed by atoms with Crippen LogP contribution in [0.25, 0.3) is 10.8 Å². The summed E-state index contributed by atoms with van der Waals surface area (Å²) in [5, 5.41) is 1.71. The van der Waals surface area contributed by atoms with Gasteiger partial charge in [-0.3, -0.25) is 19.4 Å². The Morgan fingerprint density at radius 3 is 2.38 bits per heavy atom. The van der Waals surface area contributed by atoms with Crippen molar-refractivity contribution >= 4 is 34.4 Å². The van der Waals surface area contributed by atoms with Crippen LogP contribution in [0.1, 0.15) is 46.9 Å². The number of hydrogen-bond donors (Lipinski definition) is 1. The molecule has 1 fully saturated rings. The molecule has 0 unspecified atom stereocenters. The highest BCUT2D eigenvalue weighted by molar-refractivity contribution is 6.26. The average molecular weight is 439 g/mol. The molecular formula is C24H30N4O4. The summed E-state index contributed by atoms with van der Waals surface area (Å²) in [6.45, 7) is 6.77. The molecule has 3 amide bonds. The minimum atomic E-state index is -0.750. The van der Waals surface area contributed by atoms with Gasteiger partial charge in [0.1, 0.15) is 6.61 Å². The fraction of sp³-hybridized carbons (Fsp3) is 0.458. The maximum atomic E-state index is 13.1. The summed E-state index contributed by atoms with van der Waals surface area (Å²) in [4.78, 5) is 42.9. The number of carbonyl (C=O) groups is 3. The van der Waals surface area contributed by atoms with Gasteiger partial charge in [-0.05, 0) is 24.6 Å². The van der Waals surface area contributed by atoms with Gasteiger partial charge in [0.05, 0.1) is 0 Å². The largest absolute Gasteiger partial charge is 0.448 e. The number of ether oxygens (including phenoxy) is 1. The van der Waals surface area contributed by atoms with Crippen molar-refractivity contribution < 1.29 is 19.1 Å². The summed E-state index contributed by atoms with van der Waals surface area (Å²) < 4.78 is 4.83. The second-order valence-corrected chi connectivity index (χ2v) is 8.33. The van der Waals surface area contributed by atoms with Crippen molar-refractivity contribution in [2.24, 2.45) is 5.73 Å². The monoisotopic (exact) mass is 438 g/mol. The number of unbranched alkanes of at least 4 members (excludes halogenated alkanes) is 2. The normalized spacial score (nSPS) is 16.7. The molecule has 8 heteroatoms. The van der Waals surface area contributed by atoms with Gasteiger partial charge in [0.2, 0.25) is 0 Å². The SMILES string of the molecule is CCCCCN1C(=O)c2cccc3c(N4CCN(CCOC(N)=O)CC4)ccc(c23)C1=O. The van der Waals surface area contributed by atoms with E-state index < -0.39 is 6.09 Å². The van der Waals surface area contributed by atoms with Crippen LogP contribution in [-0.4, -0.2) is 73.6 Å². The van der Waals surface area contributed by atoms with Crippen LogP contribution in [0.2, 0.25) is 0 Å². The van der Waals surface area contributed by atoms with Crippen LogP contribution in [0.4, 0.5) is 10.5 Å². The fourth-order valence-corrected chi connectivity index (χ4v) is 4.62. The van der Waals surface area contributed by atoms with Crippen molar-refractivity contribution in [1.82, 2.24) is 9.80 Å². The highest BCUT2D eigenvalue weighted by Crippen LogP contribution is 2.36. The number of rotatable bonds is 8. The highest BCUT2D eigenvalue weighted by Gasteiger charge is 2.33. The lowest BCUT2D eigenvalue weighted by atomic mass is 9.92. The fourth-order valence-electron chi connectivity index (χ4n) is 4.62. The van der Waals surface area contributed by atoms with Gasteiger partial charge in [0.25, 0.3) is 11.8 Å². The summed E-state index contributed by atoms with van der Waals surface area (Å²) in [6, 6.07) is 9.60. The molecule has 0 radical (unpaired) electrons. The number of hydrogen-bond acceptors (Lipinski definition) is 6. The quantitative estimate of drug-likeness (QED) is 0.503. The lowest BCUT2D eigenvalue weighted by Gasteiger charge is -2.37. The lowest BCUT2D eigenvalue weighted by Crippen LogP contribution is -2.47. The van der Waals surface area contributed by atoms with Gasteiger partial charge in [-0.2, -0.15) is 0 Å². The first-order valence-electron chi connectivity index (χ1n) is 11.3. The molecule has 8 nitrogen and oxygen atoms in total. The van der Waals surface area contributed by atoms with Crippen LogP contribution in [0.15, 0.2) is 30.3 Å². The zero-order valence-electron chi connectivity index (χ0n) is 18.5. The Hall–Kier alpha value is -3.13. The van der Waals surface area contributed by atoms with Gasteiger partial charge >= 0.3 is 6.09 Å². The standard InChI is InChI=1S/C24H30N4O4/c1-2-3-4-10-28-22(29)18-7-5-6-17-20(9-8-19(21(17)18)23(28)30)27-13-11-26(12-14-27)15-16-32-24(25)31/h5-9H,2-4,10-16H2,1H3,(H2,25,31). The van der Waals surface area contributed by atoms with E-state index >= 15 is 0 Å². The lowest BCUT2D eigenvalue weighted by molar-refractivity contribution is 0.0608. The van der Waals surface area contributed by atoms with E-state index in [4.69, 9.17) is 10.5 Å². The Labute approximate surface area is 187 Å². The molecule has 0 aliphatic carbocycles. The maximum absolute atomic E-state index is 13.1. The molecule has 2 aromatic carbocycles. The van der Waals surface area contributed by atoms with Crippen LogP contribution in [0, 0.1) is 0 Å². The van der Waals surface area contributed by atoms with E-state index in [0.29, 0.717) is 24.2 Å². The van der Waals surface area contributed by atoms with Crippen molar-refractivity contribution in [3.8, 4) is 0 Å². The minimum absolute atomic E-state index is 0.194. The van der Waals surface area contributed by atoms with Crippen LogP contribution < -0.4 is 10.6 Å². The van der Waals surface area contributed by atoms with Gasteiger partial charge in [-0.1, -0.05) is 31.9 Å². The summed E-state index contributed by atoms with van der Waals surface area (Å²) in [6.07, 6.45) is 2.11. The van der Waals surface area contributed by atoms with Crippen LogP contribution >= 0.6 is 0 Å². The first kappa shape index (κ1) is 22.1. The zero-order chi connectivity index (χ0) is 22.7. The molecule has 4 rings (SSSR count). The molecule has 2 aromatic rings. The van der Waals surface area contributed by atoms with E-state index in [1.807, 2.05) is 30.3 Å². The van der Waals surface area contributed by atoms with Gasteiger partial charge in [-0.25, -0.2) is 4.79 Å². The molecule has 170 valence electrons. The zero-order valence-corrected chi connectivity index (χ0v) is 18.5. The van der Waals surface area contributed by atoms with E-state index in [0.717, 1.165) is 61.9 Å². The third-order valence-corrected chi connectivity index (χ3v) is 6.32. The number of nitrogens with zero attached hydrogens (tertiary/aromatic N) is 3. The number of imide groups is 1. The van der Waals surface area contributed by atoms with Gasteiger partial charge in [0.15, 0.2) is 0 Å². The van der Waals surface area contributed by atoms with Crippen molar-refractivity contribution in [3.63, 3.8) is 0 Å². The molecule has 0 atom stereocenters.